The summed E-state index contributed by atoms with van der Waals surface area (Å²) in [5.74, 6) is 0.321. The highest BCUT2D eigenvalue weighted by Gasteiger charge is 2.11. The lowest BCUT2D eigenvalue weighted by atomic mass is 10.1. The van der Waals surface area contributed by atoms with Crippen LogP contribution in [0.3, 0.4) is 0 Å². The summed E-state index contributed by atoms with van der Waals surface area (Å²) in [6.45, 7) is 0.857. The molecule has 0 bridgehead atoms. The lowest BCUT2D eigenvalue weighted by molar-refractivity contribution is 0.146. The summed E-state index contributed by atoms with van der Waals surface area (Å²) < 4.78 is 5.45. The zero-order valence-corrected chi connectivity index (χ0v) is 8.02. The molecule has 0 saturated carbocycles. The third-order valence-corrected chi connectivity index (χ3v) is 2.39. The van der Waals surface area contributed by atoms with Gasteiger partial charge in [0.2, 0.25) is 0 Å². The van der Waals surface area contributed by atoms with Gasteiger partial charge in [0.25, 0.3) is 0 Å². The van der Waals surface area contributed by atoms with Gasteiger partial charge < -0.3 is 9.84 Å². The smallest absolute Gasteiger partial charge is 0.122 e. The summed E-state index contributed by atoms with van der Waals surface area (Å²) in [6.07, 6.45) is 6.39. The Labute approximate surface area is 83.8 Å². The van der Waals surface area contributed by atoms with Crippen LogP contribution in [-0.4, -0.2) is 17.8 Å². The van der Waals surface area contributed by atoms with Gasteiger partial charge in [-0.05, 0) is 18.9 Å². The molecule has 1 atom stereocenters. The lowest BCUT2D eigenvalue weighted by Gasteiger charge is -2.02. The zero-order valence-electron chi connectivity index (χ0n) is 8.02. The van der Waals surface area contributed by atoms with Crippen LogP contribution in [0.5, 0.6) is 5.75 Å². The fourth-order valence-electron chi connectivity index (χ4n) is 1.59. The van der Waals surface area contributed by atoms with Crippen molar-refractivity contribution in [3.05, 3.63) is 35.9 Å². The van der Waals surface area contributed by atoms with E-state index in [1.807, 2.05) is 30.4 Å². The minimum Gasteiger partial charge on any atom is -0.507 e. The predicted octanol–water partition coefficient (Wildman–Crippen LogP) is 2.58. The molecule has 1 heterocycles. The summed E-state index contributed by atoms with van der Waals surface area (Å²) >= 11 is 0. The fourth-order valence-corrected chi connectivity index (χ4v) is 1.59. The van der Waals surface area contributed by atoms with E-state index in [1.54, 1.807) is 6.07 Å². The second-order valence-electron chi connectivity index (χ2n) is 3.47. The Hall–Kier alpha value is -1.28. The van der Waals surface area contributed by atoms with Crippen LogP contribution in [-0.2, 0) is 4.74 Å². The molecule has 74 valence electrons. The first-order valence-electron chi connectivity index (χ1n) is 4.94. The molecular formula is C12H14O2. The van der Waals surface area contributed by atoms with E-state index in [2.05, 4.69) is 0 Å². The zero-order chi connectivity index (χ0) is 9.80. The molecule has 1 aromatic rings. The molecule has 1 aliphatic heterocycles. The maximum atomic E-state index is 9.49. The van der Waals surface area contributed by atoms with Gasteiger partial charge in [0, 0.05) is 12.2 Å². The summed E-state index contributed by atoms with van der Waals surface area (Å²) in [6, 6.07) is 7.31. The minimum absolute atomic E-state index is 0.231. The highest BCUT2D eigenvalue weighted by Crippen LogP contribution is 2.19. The molecule has 2 heteroatoms. The van der Waals surface area contributed by atoms with Crippen molar-refractivity contribution in [2.75, 3.05) is 6.61 Å². The van der Waals surface area contributed by atoms with Crippen LogP contribution < -0.4 is 0 Å². The molecule has 1 fully saturated rings. The molecule has 1 unspecified atom stereocenters. The molecular weight excluding hydrogens is 176 g/mol. The van der Waals surface area contributed by atoms with Crippen molar-refractivity contribution in [3.63, 3.8) is 0 Å². The van der Waals surface area contributed by atoms with Crippen molar-refractivity contribution >= 4 is 6.08 Å². The van der Waals surface area contributed by atoms with Crippen molar-refractivity contribution in [2.45, 2.75) is 18.9 Å². The van der Waals surface area contributed by atoms with Crippen LogP contribution in [0.2, 0.25) is 0 Å². The largest absolute Gasteiger partial charge is 0.507 e. The van der Waals surface area contributed by atoms with Gasteiger partial charge in [-0.1, -0.05) is 30.4 Å². The fraction of sp³-hybridized carbons (Fsp3) is 0.333. The van der Waals surface area contributed by atoms with Crippen LogP contribution in [0, 0.1) is 0 Å². The normalized spacial score (nSPS) is 21.9. The van der Waals surface area contributed by atoms with Crippen molar-refractivity contribution in [1.29, 1.82) is 0 Å². The maximum Gasteiger partial charge on any atom is 0.122 e. The highest BCUT2D eigenvalue weighted by atomic mass is 16.5. The summed E-state index contributed by atoms with van der Waals surface area (Å²) in [4.78, 5) is 0. The Kier molecular flexibility index (Phi) is 2.84. The van der Waals surface area contributed by atoms with Crippen molar-refractivity contribution in [3.8, 4) is 5.75 Å². The first kappa shape index (κ1) is 9.28. The first-order valence-corrected chi connectivity index (χ1v) is 4.94. The van der Waals surface area contributed by atoms with Gasteiger partial charge in [-0.2, -0.15) is 0 Å². The van der Waals surface area contributed by atoms with Crippen molar-refractivity contribution in [2.24, 2.45) is 0 Å². The number of ether oxygens (including phenoxy) is 1. The molecule has 2 rings (SSSR count). The second kappa shape index (κ2) is 4.29. The molecule has 1 aliphatic rings. The van der Waals surface area contributed by atoms with E-state index in [9.17, 15) is 5.11 Å². The molecule has 0 spiro atoms. The van der Waals surface area contributed by atoms with Crippen LogP contribution in [0.25, 0.3) is 6.08 Å². The van der Waals surface area contributed by atoms with Crippen LogP contribution in [0.4, 0.5) is 0 Å². The van der Waals surface area contributed by atoms with Gasteiger partial charge in [-0.25, -0.2) is 0 Å². The molecule has 1 aromatic carbocycles. The average Bonchev–Trinajstić information content (AvgIpc) is 2.69. The average molecular weight is 190 g/mol. The second-order valence-corrected chi connectivity index (χ2v) is 3.47. The van der Waals surface area contributed by atoms with Gasteiger partial charge in [-0.3, -0.25) is 0 Å². The molecule has 1 saturated heterocycles. The van der Waals surface area contributed by atoms with E-state index in [1.165, 1.54) is 0 Å². The molecule has 0 aromatic heterocycles. The standard InChI is InChI=1S/C12H14O2/c13-12-6-2-1-4-10(12)7-8-11-5-3-9-14-11/h1-2,4,6-8,11,13H,3,5,9H2/b8-7-. The Morgan fingerprint density at radius 2 is 2.21 bits per heavy atom. The van der Waals surface area contributed by atoms with Gasteiger partial charge in [-0.15, -0.1) is 0 Å². The van der Waals surface area contributed by atoms with E-state index in [4.69, 9.17) is 4.74 Å². The molecule has 0 radical (unpaired) electrons. The Morgan fingerprint density at radius 1 is 1.36 bits per heavy atom. The van der Waals surface area contributed by atoms with Gasteiger partial charge in [0.15, 0.2) is 0 Å². The van der Waals surface area contributed by atoms with Crippen LogP contribution in [0.1, 0.15) is 18.4 Å². The van der Waals surface area contributed by atoms with E-state index in [0.29, 0.717) is 5.75 Å². The third kappa shape index (κ3) is 2.15. The molecule has 0 aliphatic carbocycles. The molecule has 14 heavy (non-hydrogen) atoms. The quantitative estimate of drug-likeness (QED) is 0.776. The van der Waals surface area contributed by atoms with E-state index in [-0.39, 0.29) is 6.10 Å². The number of rotatable bonds is 2. The summed E-state index contributed by atoms with van der Waals surface area (Å²) in [5, 5.41) is 9.49. The van der Waals surface area contributed by atoms with E-state index < -0.39 is 0 Å². The SMILES string of the molecule is Oc1ccccc1/C=C\C1CCCO1. The number of phenolic OH excluding ortho intramolecular Hbond substituents is 1. The maximum absolute atomic E-state index is 9.49. The molecule has 0 amide bonds. The number of hydrogen-bond donors (Lipinski definition) is 1. The van der Waals surface area contributed by atoms with Crippen molar-refractivity contribution < 1.29 is 9.84 Å². The Morgan fingerprint density at radius 3 is 2.93 bits per heavy atom. The van der Waals surface area contributed by atoms with E-state index >= 15 is 0 Å². The first-order chi connectivity index (χ1) is 6.86. The summed E-state index contributed by atoms with van der Waals surface area (Å²) in [5.41, 5.74) is 0.850. The summed E-state index contributed by atoms with van der Waals surface area (Å²) in [7, 11) is 0. The third-order valence-electron chi connectivity index (χ3n) is 2.39. The predicted molar refractivity (Wildman–Crippen MR) is 56.1 cm³/mol. The van der Waals surface area contributed by atoms with Crippen LogP contribution >= 0.6 is 0 Å². The number of phenols is 1. The van der Waals surface area contributed by atoms with Gasteiger partial charge in [0.1, 0.15) is 5.75 Å². The van der Waals surface area contributed by atoms with Crippen molar-refractivity contribution in [1.82, 2.24) is 0 Å². The Balaban J connectivity index is 2.06. The number of hydrogen-bond acceptors (Lipinski definition) is 2. The Bertz CT molecular complexity index is 325. The molecule has 2 nitrogen and oxygen atoms in total. The van der Waals surface area contributed by atoms with E-state index in [0.717, 1.165) is 25.0 Å². The minimum atomic E-state index is 0.231. The highest BCUT2D eigenvalue weighted by molar-refractivity contribution is 5.56. The van der Waals surface area contributed by atoms with Gasteiger partial charge in [0.05, 0.1) is 6.10 Å². The monoisotopic (exact) mass is 190 g/mol. The number of para-hydroxylation sites is 1. The van der Waals surface area contributed by atoms with Crippen LogP contribution in [0.15, 0.2) is 30.3 Å². The topological polar surface area (TPSA) is 29.5 Å². The van der Waals surface area contributed by atoms with Gasteiger partial charge >= 0.3 is 0 Å². The number of aromatic hydroxyl groups is 1. The molecule has 1 N–H and O–H groups in total. The number of benzene rings is 1. The lowest BCUT2D eigenvalue weighted by Crippen LogP contribution is -1.98.